The van der Waals surface area contributed by atoms with E-state index in [1.807, 2.05) is 30.3 Å². The van der Waals surface area contributed by atoms with Crippen molar-refractivity contribution in [1.29, 1.82) is 0 Å². The van der Waals surface area contributed by atoms with Crippen molar-refractivity contribution >= 4 is 22.9 Å². The van der Waals surface area contributed by atoms with Crippen LogP contribution in [-0.2, 0) is 11.2 Å². The second-order valence-electron chi connectivity index (χ2n) is 7.18. The van der Waals surface area contributed by atoms with Crippen LogP contribution in [0.2, 0.25) is 0 Å². The smallest absolute Gasteiger partial charge is 0.258 e. The average molecular weight is 388 g/mol. The fourth-order valence-corrected chi connectivity index (χ4v) is 3.59. The first kappa shape index (κ1) is 19.1. The van der Waals surface area contributed by atoms with Crippen molar-refractivity contribution in [1.82, 2.24) is 16.3 Å². The van der Waals surface area contributed by atoms with Crippen LogP contribution in [0.5, 0.6) is 5.75 Å². The molecule has 2 atom stereocenters. The van der Waals surface area contributed by atoms with Gasteiger partial charge in [-0.2, -0.15) is 5.10 Å². The second-order valence-corrected chi connectivity index (χ2v) is 7.18. The molecule has 1 amide bonds. The van der Waals surface area contributed by atoms with Crippen molar-refractivity contribution in [2.75, 3.05) is 0 Å². The van der Waals surface area contributed by atoms with Crippen molar-refractivity contribution in [2.45, 2.75) is 31.8 Å². The van der Waals surface area contributed by atoms with Crippen LogP contribution in [0.4, 0.5) is 0 Å². The van der Waals surface area contributed by atoms with E-state index >= 15 is 0 Å². The van der Waals surface area contributed by atoms with Gasteiger partial charge in [0, 0.05) is 11.6 Å². The molecule has 29 heavy (non-hydrogen) atoms. The van der Waals surface area contributed by atoms with Gasteiger partial charge in [0.2, 0.25) is 0 Å². The largest absolute Gasteiger partial charge is 0.507 e. The molecule has 148 valence electrons. The van der Waals surface area contributed by atoms with Crippen molar-refractivity contribution in [3.8, 4) is 5.75 Å². The Morgan fingerprint density at radius 2 is 1.93 bits per heavy atom. The van der Waals surface area contributed by atoms with Crippen molar-refractivity contribution in [3.05, 3.63) is 77.4 Å². The number of benzene rings is 3. The highest BCUT2D eigenvalue weighted by Crippen LogP contribution is 2.25. The van der Waals surface area contributed by atoms with Gasteiger partial charge in [0.25, 0.3) is 5.91 Å². The third-order valence-electron chi connectivity index (χ3n) is 5.33. The molecule has 6 heteroatoms. The van der Waals surface area contributed by atoms with Crippen molar-refractivity contribution < 1.29 is 9.90 Å². The number of hydrogen-bond donors (Lipinski definition) is 4. The summed E-state index contributed by atoms with van der Waals surface area (Å²) in [6.45, 7) is 2.13. The van der Waals surface area contributed by atoms with E-state index in [-0.39, 0.29) is 23.7 Å². The van der Waals surface area contributed by atoms with E-state index in [2.05, 4.69) is 52.6 Å². The Labute approximate surface area is 169 Å². The molecule has 1 aliphatic rings. The molecule has 4 rings (SSSR count). The zero-order valence-electron chi connectivity index (χ0n) is 16.2. The highest BCUT2D eigenvalue weighted by atomic mass is 16.3. The fraction of sp³-hybridized carbons (Fsp3) is 0.217. The number of nitrogens with zero attached hydrogens (tertiary/aromatic N) is 1. The number of hydrazine groups is 1. The van der Waals surface area contributed by atoms with Crippen LogP contribution in [0.25, 0.3) is 10.8 Å². The van der Waals surface area contributed by atoms with E-state index in [1.54, 1.807) is 6.07 Å². The second kappa shape index (κ2) is 8.43. The van der Waals surface area contributed by atoms with Crippen LogP contribution >= 0.6 is 0 Å². The predicted molar refractivity (Wildman–Crippen MR) is 115 cm³/mol. The first-order chi connectivity index (χ1) is 14.2. The van der Waals surface area contributed by atoms with Crippen LogP contribution in [0.1, 0.15) is 36.1 Å². The number of amides is 1. The molecule has 2 unspecified atom stereocenters. The first-order valence-corrected chi connectivity index (χ1v) is 9.79. The molecule has 0 aliphatic carbocycles. The zero-order chi connectivity index (χ0) is 20.2. The first-order valence-electron chi connectivity index (χ1n) is 9.79. The molecule has 0 saturated carbocycles. The minimum absolute atomic E-state index is 0.0720. The summed E-state index contributed by atoms with van der Waals surface area (Å²) >= 11 is 0. The van der Waals surface area contributed by atoms with E-state index in [0.717, 1.165) is 22.8 Å². The number of phenolic OH excluding ortho intramolecular Hbond substituents is 1. The number of aromatic hydroxyl groups is 1. The molecular formula is C23H24N4O2. The van der Waals surface area contributed by atoms with Gasteiger partial charge in [-0.05, 0) is 40.8 Å². The van der Waals surface area contributed by atoms with Gasteiger partial charge < -0.3 is 5.11 Å². The van der Waals surface area contributed by atoms with E-state index < -0.39 is 0 Å². The normalized spacial score (nSPS) is 19.1. The van der Waals surface area contributed by atoms with Crippen molar-refractivity contribution in [2.24, 2.45) is 5.10 Å². The maximum atomic E-state index is 12.5. The summed E-state index contributed by atoms with van der Waals surface area (Å²) < 4.78 is 0. The number of carbonyl (C=O) groups is 1. The minimum Gasteiger partial charge on any atom is -0.507 e. The van der Waals surface area contributed by atoms with Gasteiger partial charge >= 0.3 is 0 Å². The van der Waals surface area contributed by atoms with Gasteiger partial charge in [-0.1, -0.05) is 61.5 Å². The minimum atomic E-state index is -0.385. The quantitative estimate of drug-likeness (QED) is 0.400. The van der Waals surface area contributed by atoms with Crippen LogP contribution in [0, 0.1) is 0 Å². The summed E-state index contributed by atoms with van der Waals surface area (Å²) in [5.74, 6) is -0.0981. The van der Waals surface area contributed by atoms with E-state index in [9.17, 15) is 9.90 Å². The zero-order valence-corrected chi connectivity index (χ0v) is 16.2. The number of rotatable bonds is 5. The Morgan fingerprint density at radius 1 is 1.14 bits per heavy atom. The fourth-order valence-electron chi connectivity index (χ4n) is 3.59. The third-order valence-corrected chi connectivity index (χ3v) is 5.33. The molecule has 1 saturated heterocycles. The lowest BCUT2D eigenvalue weighted by Gasteiger charge is -2.10. The molecule has 1 heterocycles. The topological polar surface area (TPSA) is 85.8 Å². The third kappa shape index (κ3) is 4.13. The summed E-state index contributed by atoms with van der Waals surface area (Å²) in [5, 5.41) is 16.1. The highest BCUT2D eigenvalue weighted by Gasteiger charge is 2.29. The van der Waals surface area contributed by atoms with Gasteiger partial charge in [-0.3, -0.25) is 4.79 Å². The molecule has 0 aromatic heterocycles. The van der Waals surface area contributed by atoms with Crippen LogP contribution in [-0.4, -0.2) is 23.3 Å². The number of aryl methyl sites for hydroxylation is 1. The average Bonchev–Trinajstić information content (AvgIpc) is 3.26. The molecule has 3 aromatic carbocycles. The Balaban J connectivity index is 1.40. The lowest BCUT2D eigenvalue weighted by atomic mass is 10.00. The number of hydrogen-bond acceptors (Lipinski definition) is 5. The summed E-state index contributed by atoms with van der Waals surface area (Å²) in [4.78, 5) is 12.5. The molecule has 3 aromatic rings. The number of hydrazone groups is 1. The van der Waals surface area contributed by atoms with E-state index in [1.165, 1.54) is 11.8 Å². The number of fused-ring (bicyclic) bond motifs is 1. The molecular weight excluding hydrogens is 364 g/mol. The number of nitrogens with one attached hydrogen (secondary N) is 3. The number of phenols is 1. The lowest BCUT2D eigenvalue weighted by Crippen LogP contribution is -2.41. The van der Waals surface area contributed by atoms with Crippen molar-refractivity contribution in [3.63, 3.8) is 0 Å². The Bertz CT molecular complexity index is 1050. The molecule has 0 bridgehead atoms. The SMILES string of the molecule is CCc1ccc(C2CC(C(=O)N/N=C/c3c(O)ccc4ccccc34)NN2)cc1. The number of carbonyl (C=O) groups excluding carboxylic acids is 1. The Morgan fingerprint density at radius 3 is 2.72 bits per heavy atom. The van der Waals surface area contributed by atoms with Gasteiger partial charge in [-0.15, -0.1) is 0 Å². The molecule has 6 nitrogen and oxygen atoms in total. The highest BCUT2D eigenvalue weighted by molar-refractivity contribution is 6.02. The summed E-state index contributed by atoms with van der Waals surface area (Å²) in [6.07, 6.45) is 3.12. The van der Waals surface area contributed by atoms with Crippen LogP contribution < -0.4 is 16.3 Å². The lowest BCUT2D eigenvalue weighted by molar-refractivity contribution is -0.122. The Kier molecular flexibility index (Phi) is 5.55. The summed E-state index contributed by atoms with van der Waals surface area (Å²) in [7, 11) is 0. The molecule has 1 aliphatic heterocycles. The van der Waals surface area contributed by atoms with Gasteiger partial charge in [0.1, 0.15) is 11.8 Å². The standard InChI is InChI=1S/C23H24N4O2/c1-2-15-7-9-17(10-8-15)20-13-21(26-25-20)23(29)27-24-14-19-18-6-4-3-5-16(18)11-12-22(19)28/h3-12,14,20-21,25-26,28H,2,13H2,1H3,(H,27,29)/b24-14+. The van der Waals surface area contributed by atoms with Crippen LogP contribution in [0.3, 0.4) is 0 Å². The van der Waals surface area contributed by atoms with Gasteiger partial charge in [0.15, 0.2) is 0 Å². The molecule has 1 fully saturated rings. The maximum absolute atomic E-state index is 12.5. The monoisotopic (exact) mass is 388 g/mol. The van der Waals surface area contributed by atoms with E-state index in [0.29, 0.717) is 12.0 Å². The predicted octanol–water partition coefficient (Wildman–Crippen LogP) is 3.17. The summed E-state index contributed by atoms with van der Waals surface area (Å²) in [5.41, 5.74) is 11.8. The molecule has 0 spiro atoms. The van der Waals surface area contributed by atoms with E-state index in [4.69, 9.17) is 0 Å². The molecule has 0 radical (unpaired) electrons. The Hall–Kier alpha value is -3.22. The van der Waals surface area contributed by atoms with Gasteiger partial charge in [-0.25, -0.2) is 16.3 Å². The molecule has 4 N–H and O–H groups in total. The van der Waals surface area contributed by atoms with Gasteiger partial charge in [0.05, 0.1) is 6.21 Å². The summed E-state index contributed by atoms with van der Waals surface area (Å²) in [6, 6.07) is 19.3. The maximum Gasteiger partial charge on any atom is 0.258 e. The van der Waals surface area contributed by atoms with Crippen LogP contribution in [0.15, 0.2) is 65.8 Å².